The van der Waals surface area contributed by atoms with Gasteiger partial charge in [0.05, 0.1) is 13.2 Å². The topological polar surface area (TPSA) is 30.5 Å². The van der Waals surface area contributed by atoms with E-state index in [2.05, 4.69) is 52.2 Å². The number of rotatable bonds is 4. The Morgan fingerprint density at radius 3 is 2.55 bits per heavy atom. The Hall–Kier alpha value is -1.06. The third kappa shape index (κ3) is 2.84. The van der Waals surface area contributed by atoms with E-state index in [9.17, 15) is 0 Å². The Balaban J connectivity index is 2.44. The highest BCUT2D eigenvalue weighted by atomic mass is 16.6. The van der Waals surface area contributed by atoms with Crippen molar-refractivity contribution in [3.8, 4) is 5.75 Å². The predicted octanol–water partition coefficient (Wildman–Crippen LogP) is 4.05. The van der Waals surface area contributed by atoms with Crippen LogP contribution in [0.3, 0.4) is 0 Å². The molecule has 1 heterocycles. The molecule has 0 bridgehead atoms. The minimum atomic E-state index is 0.121. The Kier molecular flexibility index (Phi) is 4.40. The number of hydroxylamine groups is 1. The molecule has 0 amide bonds. The fourth-order valence-electron chi connectivity index (χ4n) is 2.82. The van der Waals surface area contributed by atoms with Crippen molar-refractivity contribution in [3.63, 3.8) is 0 Å². The maximum atomic E-state index is 6.17. The third-order valence-corrected chi connectivity index (χ3v) is 3.96. The fourth-order valence-corrected chi connectivity index (χ4v) is 2.82. The van der Waals surface area contributed by atoms with Crippen LogP contribution in [0.25, 0.3) is 0 Å². The van der Waals surface area contributed by atoms with Crippen LogP contribution in [0, 0.1) is 6.92 Å². The average Bonchev–Trinajstić information content (AvgIpc) is 2.69. The molecule has 0 fully saturated rings. The van der Waals surface area contributed by atoms with Crippen LogP contribution in [0.4, 0.5) is 0 Å². The minimum Gasteiger partial charge on any atom is -0.488 e. The summed E-state index contributed by atoms with van der Waals surface area (Å²) in [5.74, 6) is 1.03. The smallest absolute Gasteiger partial charge is 0.127 e. The molecule has 112 valence electrons. The van der Waals surface area contributed by atoms with Gasteiger partial charge in [0, 0.05) is 5.56 Å². The number of ether oxygens (including phenoxy) is 1. The standard InChI is InChI=1S/C17H27NO2/c1-7-8-14-15(18-19-6)13-10-12(17(3,4)5)9-11(2)16(13)20-14/h9-10,14-15,18H,7-8H2,1-6H3. The second-order valence-electron chi connectivity index (χ2n) is 6.71. The van der Waals surface area contributed by atoms with E-state index in [0.717, 1.165) is 18.6 Å². The number of hydrogen-bond donors (Lipinski definition) is 1. The van der Waals surface area contributed by atoms with E-state index in [0.29, 0.717) is 0 Å². The summed E-state index contributed by atoms with van der Waals surface area (Å²) in [5.41, 5.74) is 7.05. The highest BCUT2D eigenvalue weighted by molar-refractivity contribution is 5.50. The van der Waals surface area contributed by atoms with Crippen LogP contribution in [-0.4, -0.2) is 13.2 Å². The molecule has 0 spiro atoms. The molecule has 2 rings (SSSR count). The van der Waals surface area contributed by atoms with E-state index in [1.165, 1.54) is 16.7 Å². The van der Waals surface area contributed by atoms with Crippen molar-refractivity contribution < 1.29 is 9.57 Å². The molecule has 1 N–H and O–H groups in total. The number of nitrogens with one attached hydrogen (secondary N) is 1. The Morgan fingerprint density at radius 2 is 2.00 bits per heavy atom. The molecule has 1 aliphatic rings. The van der Waals surface area contributed by atoms with Gasteiger partial charge in [-0.1, -0.05) is 40.2 Å². The van der Waals surface area contributed by atoms with Gasteiger partial charge in [-0.25, -0.2) is 0 Å². The summed E-state index contributed by atoms with van der Waals surface area (Å²) in [6.07, 6.45) is 2.29. The van der Waals surface area contributed by atoms with E-state index < -0.39 is 0 Å². The van der Waals surface area contributed by atoms with Gasteiger partial charge in [0.15, 0.2) is 0 Å². The summed E-state index contributed by atoms with van der Waals surface area (Å²) in [5, 5.41) is 0. The van der Waals surface area contributed by atoms with E-state index in [4.69, 9.17) is 9.57 Å². The first-order chi connectivity index (χ1) is 9.38. The molecular weight excluding hydrogens is 250 g/mol. The molecule has 2 atom stereocenters. The quantitative estimate of drug-likeness (QED) is 0.842. The van der Waals surface area contributed by atoms with Gasteiger partial charge in [-0.3, -0.25) is 0 Å². The summed E-state index contributed by atoms with van der Waals surface area (Å²) < 4.78 is 6.17. The molecule has 0 aliphatic carbocycles. The summed E-state index contributed by atoms with van der Waals surface area (Å²) >= 11 is 0. The fraction of sp³-hybridized carbons (Fsp3) is 0.647. The molecular formula is C17H27NO2. The third-order valence-electron chi connectivity index (χ3n) is 3.96. The van der Waals surface area contributed by atoms with E-state index >= 15 is 0 Å². The van der Waals surface area contributed by atoms with Gasteiger partial charge in [-0.15, -0.1) is 0 Å². The summed E-state index contributed by atoms with van der Waals surface area (Å²) in [6, 6.07) is 4.64. The average molecular weight is 277 g/mol. The number of hydrogen-bond acceptors (Lipinski definition) is 3. The molecule has 1 aromatic rings. The second kappa shape index (κ2) is 5.74. The number of benzene rings is 1. The minimum absolute atomic E-state index is 0.121. The number of fused-ring (bicyclic) bond motifs is 1. The Morgan fingerprint density at radius 1 is 1.30 bits per heavy atom. The van der Waals surface area contributed by atoms with Gasteiger partial charge in [-0.2, -0.15) is 5.48 Å². The lowest BCUT2D eigenvalue weighted by Crippen LogP contribution is -2.30. The molecule has 0 saturated heterocycles. The van der Waals surface area contributed by atoms with Crippen LogP contribution in [0.15, 0.2) is 12.1 Å². The largest absolute Gasteiger partial charge is 0.488 e. The van der Waals surface area contributed by atoms with Gasteiger partial charge >= 0.3 is 0 Å². The molecule has 0 saturated carbocycles. The van der Waals surface area contributed by atoms with Gasteiger partial charge in [0.1, 0.15) is 11.9 Å². The van der Waals surface area contributed by atoms with Crippen molar-refractivity contribution in [2.75, 3.05) is 7.11 Å². The van der Waals surface area contributed by atoms with Crippen LogP contribution in [0.5, 0.6) is 5.75 Å². The molecule has 0 radical (unpaired) electrons. The van der Waals surface area contributed by atoms with Crippen molar-refractivity contribution in [3.05, 3.63) is 28.8 Å². The zero-order valence-corrected chi connectivity index (χ0v) is 13.5. The molecule has 3 heteroatoms. The van der Waals surface area contributed by atoms with Crippen molar-refractivity contribution in [2.45, 2.75) is 65.0 Å². The van der Waals surface area contributed by atoms with Crippen LogP contribution >= 0.6 is 0 Å². The first-order valence-electron chi connectivity index (χ1n) is 7.48. The van der Waals surface area contributed by atoms with Gasteiger partial charge in [0.25, 0.3) is 0 Å². The molecule has 3 nitrogen and oxygen atoms in total. The van der Waals surface area contributed by atoms with E-state index in [1.807, 2.05) is 0 Å². The van der Waals surface area contributed by atoms with Gasteiger partial charge in [-0.05, 0) is 36.0 Å². The maximum Gasteiger partial charge on any atom is 0.127 e. The SMILES string of the molecule is CCCC1Oc2c(C)cc(C(C)(C)C)cc2C1NOC. The van der Waals surface area contributed by atoms with E-state index in [-0.39, 0.29) is 17.6 Å². The van der Waals surface area contributed by atoms with Crippen molar-refractivity contribution in [1.82, 2.24) is 5.48 Å². The zero-order valence-electron chi connectivity index (χ0n) is 13.5. The lowest BCUT2D eigenvalue weighted by atomic mass is 9.84. The molecule has 0 aromatic heterocycles. The van der Waals surface area contributed by atoms with Crippen molar-refractivity contribution >= 4 is 0 Å². The number of aryl methyl sites for hydroxylation is 1. The second-order valence-corrected chi connectivity index (χ2v) is 6.71. The summed E-state index contributed by atoms with van der Waals surface area (Å²) in [7, 11) is 1.67. The lowest BCUT2D eigenvalue weighted by molar-refractivity contribution is 0.0268. The maximum absolute atomic E-state index is 6.17. The highest BCUT2D eigenvalue weighted by Gasteiger charge is 2.36. The van der Waals surface area contributed by atoms with Crippen LogP contribution in [0.1, 0.15) is 63.3 Å². The zero-order chi connectivity index (χ0) is 14.9. The van der Waals surface area contributed by atoms with Crippen LogP contribution in [0.2, 0.25) is 0 Å². The van der Waals surface area contributed by atoms with Crippen LogP contribution < -0.4 is 10.2 Å². The first kappa shape index (κ1) is 15.3. The molecule has 2 unspecified atom stereocenters. The van der Waals surface area contributed by atoms with Gasteiger partial charge in [0.2, 0.25) is 0 Å². The van der Waals surface area contributed by atoms with Crippen molar-refractivity contribution in [2.24, 2.45) is 0 Å². The predicted molar refractivity (Wildman–Crippen MR) is 82.1 cm³/mol. The Bertz CT molecular complexity index is 477. The molecule has 1 aromatic carbocycles. The Labute approximate surface area is 122 Å². The monoisotopic (exact) mass is 277 g/mol. The summed E-state index contributed by atoms with van der Waals surface area (Å²) in [4.78, 5) is 5.19. The molecule has 20 heavy (non-hydrogen) atoms. The highest BCUT2D eigenvalue weighted by Crippen LogP contribution is 2.43. The summed E-state index contributed by atoms with van der Waals surface area (Å²) in [6.45, 7) is 11.0. The lowest BCUT2D eigenvalue weighted by Gasteiger charge is -2.22. The van der Waals surface area contributed by atoms with Crippen LogP contribution in [-0.2, 0) is 10.3 Å². The van der Waals surface area contributed by atoms with Gasteiger partial charge < -0.3 is 9.57 Å². The van der Waals surface area contributed by atoms with E-state index in [1.54, 1.807) is 7.11 Å². The first-order valence-corrected chi connectivity index (χ1v) is 7.48. The van der Waals surface area contributed by atoms with Crippen molar-refractivity contribution in [1.29, 1.82) is 0 Å². The molecule has 1 aliphatic heterocycles. The normalized spacial score (nSPS) is 21.7.